The summed E-state index contributed by atoms with van der Waals surface area (Å²) in [6.07, 6.45) is 9.84. The number of morpholine rings is 1. The molecule has 0 unspecified atom stereocenters. The fourth-order valence-corrected chi connectivity index (χ4v) is 6.75. The molecule has 34 heavy (non-hydrogen) atoms. The Morgan fingerprint density at radius 2 is 2.00 bits per heavy atom. The van der Waals surface area contributed by atoms with E-state index < -0.39 is 0 Å². The molecule has 0 aromatic carbocycles. The van der Waals surface area contributed by atoms with Crippen LogP contribution in [0.5, 0.6) is 5.88 Å². The van der Waals surface area contributed by atoms with E-state index in [-0.39, 0.29) is 12.7 Å². The molecule has 1 aliphatic heterocycles. The predicted octanol–water partition coefficient (Wildman–Crippen LogP) is 3.13. The Balaban J connectivity index is 1.22. The van der Waals surface area contributed by atoms with Crippen LogP contribution in [-0.4, -0.2) is 74.8 Å². The van der Waals surface area contributed by atoms with Gasteiger partial charge in [-0.25, -0.2) is 4.98 Å². The lowest BCUT2D eigenvalue weighted by Gasteiger charge is -2.38. The Morgan fingerprint density at radius 3 is 2.82 bits per heavy atom. The van der Waals surface area contributed by atoms with Crippen molar-refractivity contribution in [3.63, 3.8) is 0 Å². The Kier molecular flexibility index (Phi) is 6.38. The maximum absolute atomic E-state index is 9.15. The molecule has 3 aromatic heterocycles. The molecule has 0 bridgehead atoms. The summed E-state index contributed by atoms with van der Waals surface area (Å²) in [4.78, 5) is 14.7. The van der Waals surface area contributed by atoms with Crippen molar-refractivity contribution in [2.45, 2.75) is 63.6 Å². The SMILES string of the molecule is OCCn1ccc(Nc2nc(OC3CCC(N4CCOCC4)CC3)c3c4c(sc3n2)CCC4)n1. The number of hydrogen-bond donors (Lipinski definition) is 2. The molecule has 182 valence electrons. The highest BCUT2D eigenvalue weighted by molar-refractivity contribution is 7.19. The maximum atomic E-state index is 9.15. The summed E-state index contributed by atoms with van der Waals surface area (Å²) >= 11 is 1.77. The smallest absolute Gasteiger partial charge is 0.233 e. The lowest BCUT2D eigenvalue weighted by atomic mass is 9.91. The van der Waals surface area contributed by atoms with Gasteiger partial charge in [0.1, 0.15) is 10.9 Å². The quantitative estimate of drug-likeness (QED) is 0.528. The second-order valence-electron chi connectivity index (χ2n) is 9.40. The fourth-order valence-electron chi connectivity index (χ4n) is 5.50. The Hall–Kier alpha value is -2.27. The van der Waals surface area contributed by atoms with E-state index in [1.165, 1.54) is 16.9 Å². The molecule has 3 aliphatic rings. The summed E-state index contributed by atoms with van der Waals surface area (Å²) in [7, 11) is 0. The van der Waals surface area contributed by atoms with Crippen molar-refractivity contribution in [1.29, 1.82) is 0 Å². The van der Waals surface area contributed by atoms with Crippen LogP contribution in [0.2, 0.25) is 0 Å². The van der Waals surface area contributed by atoms with E-state index in [4.69, 9.17) is 24.5 Å². The van der Waals surface area contributed by atoms with Crippen molar-refractivity contribution < 1.29 is 14.6 Å². The largest absolute Gasteiger partial charge is 0.474 e. The molecule has 0 amide bonds. The van der Waals surface area contributed by atoms with Gasteiger partial charge in [-0.05, 0) is 50.5 Å². The van der Waals surface area contributed by atoms with Gasteiger partial charge in [-0.15, -0.1) is 11.3 Å². The molecule has 2 fully saturated rings. The first kappa shape index (κ1) is 22.2. The second-order valence-corrected chi connectivity index (χ2v) is 10.5. The predicted molar refractivity (Wildman–Crippen MR) is 131 cm³/mol. The van der Waals surface area contributed by atoms with Crippen molar-refractivity contribution in [1.82, 2.24) is 24.6 Å². The third-order valence-corrected chi connectivity index (χ3v) is 8.41. The first-order chi connectivity index (χ1) is 16.8. The summed E-state index contributed by atoms with van der Waals surface area (Å²) in [6, 6.07) is 2.51. The molecule has 0 spiro atoms. The van der Waals surface area contributed by atoms with E-state index >= 15 is 0 Å². The Morgan fingerprint density at radius 1 is 1.15 bits per heavy atom. The molecule has 6 rings (SSSR count). The molecule has 10 heteroatoms. The van der Waals surface area contributed by atoms with Crippen molar-refractivity contribution in [2.75, 3.05) is 38.2 Å². The van der Waals surface area contributed by atoms with E-state index in [0.717, 1.165) is 80.9 Å². The lowest BCUT2D eigenvalue weighted by Crippen LogP contribution is -2.46. The van der Waals surface area contributed by atoms with Crippen LogP contribution in [0.1, 0.15) is 42.5 Å². The number of rotatable bonds is 7. The highest BCUT2D eigenvalue weighted by atomic mass is 32.1. The Bertz CT molecular complexity index is 1130. The summed E-state index contributed by atoms with van der Waals surface area (Å²) in [5, 5.41) is 17.9. The molecule has 4 heterocycles. The number of aryl methyl sites for hydroxylation is 2. The normalized spacial score (nSPS) is 23.3. The monoisotopic (exact) mass is 484 g/mol. The molecular formula is C24H32N6O3S. The molecule has 0 atom stereocenters. The number of hydrogen-bond acceptors (Lipinski definition) is 9. The molecule has 2 aliphatic carbocycles. The number of thiophene rings is 1. The van der Waals surface area contributed by atoms with Gasteiger partial charge >= 0.3 is 0 Å². The van der Waals surface area contributed by atoms with Gasteiger partial charge in [0.15, 0.2) is 5.82 Å². The van der Waals surface area contributed by atoms with E-state index in [1.54, 1.807) is 16.0 Å². The van der Waals surface area contributed by atoms with Gasteiger partial charge in [0.25, 0.3) is 0 Å². The summed E-state index contributed by atoms with van der Waals surface area (Å²) in [6.45, 7) is 4.32. The second kappa shape index (κ2) is 9.77. The van der Waals surface area contributed by atoms with Crippen molar-refractivity contribution in [2.24, 2.45) is 0 Å². The minimum Gasteiger partial charge on any atom is -0.474 e. The molecular weight excluding hydrogens is 452 g/mol. The number of fused-ring (bicyclic) bond motifs is 3. The van der Waals surface area contributed by atoms with Gasteiger partial charge in [0, 0.05) is 36.3 Å². The summed E-state index contributed by atoms with van der Waals surface area (Å²) < 4.78 is 13.8. The van der Waals surface area contributed by atoms with Crippen LogP contribution in [-0.2, 0) is 24.1 Å². The van der Waals surface area contributed by atoms with Gasteiger partial charge in [-0.1, -0.05) is 0 Å². The molecule has 1 saturated heterocycles. The molecule has 2 N–H and O–H groups in total. The maximum Gasteiger partial charge on any atom is 0.233 e. The molecule has 0 radical (unpaired) electrons. The van der Waals surface area contributed by atoms with E-state index in [2.05, 4.69) is 15.3 Å². The van der Waals surface area contributed by atoms with Crippen molar-refractivity contribution in [3.8, 4) is 5.88 Å². The van der Waals surface area contributed by atoms with Crippen LogP contribution in [0, 0.1) is 0 Å². The topological polar surface area (TPSA) is 97.6 Å². The number of anilines is 2. The summed E-state index contributed by atoms with van der Waals surface area (Å²) in [5.74, 6) is 1.89. The van der Waals surface area contributed by atoms with Crippen LogP contribution < -0.4 is 10.1 Å². The van der Waals surface area contributed by atoms with Crippen molar-refractivity contribution >= 4 is 33.3 Å². The minimum absolute atomic E-state index is 0.0517. The van der Waals surface area contributed by atoms with E-state index in [1.807, 2.05) is 12.3 Å². The average molecular weight is 485 g/mol. The number of nitrogens with one attached hydrogen (secondary N) is 1. The lowest BCUT2D eigenvalue weighted by molar-refractivity contribution is -0.00124. The number of aromatic nitrogens is 4. The first-order valence-corrected chi connectivity index (χ1v) is 13.3. The standard InChI is InChI=1S/C24H32N6O3S/c31-13-10-30-9-8-20(28-30)25-24-26-22(21-18-2-1-3-19(18)34-23(21)27-24)33-17-6-4-16(5-7-17)29-11-14-32-15-12-29/h8-9,16-17,31H,1-7,10-15H2,(H,25,26,27,28). The third kappa shape index (κ3) is 4.51. The molecule has 3 aromatic rings. The van der Waals surface area contributed by atoms with E-state index in [9.17, 15) is 0 Å². The number of aliphatic hydroxyl groups excluding tert-OH is 1. The first-order valence-electron chi connectivity index (χ1n) is 12.5. The van der Waals surface area contributed by atoms with E-state index in [0.29, 0.717) is 24.4 Å². The highest BCUT2D eigenvalue weighted by Crippen LogP contribution is 2.42. The van der Waals surface area contributed by atoms with Gasteiger partial charge < -0.3 is 19.9 Å². The third-order valence-electron chi connectivity index (χ3n) is 7.23. The van der Waals surface area contributed by atoms with Gasteiger partial charge in [0.05, 0.1) is 31.8 Å². The average Bonchev–Trinajstić information content (AvgIpc) is 3.57. The zero-order valence-corrected chi connectivity index (χ0v) is 20.2. The van der Waals surface area contributed by atoms with Crippen LogP contribution in [0.3, 0.4) is 0 Å². The fraction of sp³-hybridized carbons (Fsp3) is 0.625. The van der Waals surface area contributed by atoms with Crippen molar-refractivity contribution in [3.05, 3.63) is 22.7 Å². The minimum atomic E-state index is 0.0517. The number of nitrogens with zero attached hydrogens (tertiary/aromatic N) is 5. The number of ether oxygens (including phenoxy) is 2. The zero-order chi connectivity index (χ0) is 22.9. The molecule has 1 saturated carbocycles. The van der Waals surface area contributed by atoms with Gasteiger partial charge in [-0.2, -0.15) is 10.1 Å². The van der Waals surface area contributed by atoms with Gasteiger partial charge in [0.2, 0.25) is 11.8 Å². The molecule has 9 nitrogen and oxygen atoms in total. The highest BCUT2D eigenvalue weighted by Gasteiger charge is 2.30. The van der Waals surface area contributed by atoms with Crippen LogP contribution in [0.15, 0.2) is 12.3 Å². The summed E-state index contributed by atoms with van der Waals surface area (Å²) in [5.41, 5.74) is 1.38. The zero-order valence-electron chi connectivity index (χ0n) is 19.4. The Labute approximate surface area is 203 Å². The van der Waals surface area contributed by atoms with Gasteiger partial charge in [-0.3, -0.25) is 9.58 Å². The van der Waals surface area contributed by atoms with Crippen LogP contribution in [0.25, 0.3) is 10.2 Å². The van der Waals surface area contributed by atoms with Crippen LogP contribution >= 0.6 is 11.3 Å². The van der Waals surface area contributed by atoms with Crippen LogP contribution in [0.4, 0.5) is 11.8 Å². The number of aliphatic hydroxyl groups is 1.